The number of nitrogens with one attached hydrogen (secondary N) is 1. The maximum absolute atomic E-state index is 9.67. The first-order valence-electron chi connectivity index (χ1n) is 5.83. The molecule has 0 aromatic carbocycles. The van der Waals surface area contributed by atoms with Crippen LogP contribution in [0.2, 0.25) is 0 Å². The van der Waals surface area contributed by atoms with Crippen LogP contribution in [0.4, 0.5) is 0 Å². The zero-order valence-electron chi connectivity index (χ0n) is 9.08. The van der Waals surface area contributed by atoms with Gasteiger partial charge in [0.05, 0.1) is 12.2 Å². The molecule has 3 nitrogen and oxygen atoms in total. The van der Waals surface area contributed by atoms with Crippen molar-refractivity contribution in [2.24, 2.45) is 0 Å². The molecule has 1 fully saturated rings. The van der Waals surface area contributed by atoms with Gasteiger partial charge in [-0.1, -0.05) is 19.8 Å². The van der Waals surface area contributed by atoms with Gasteiger partial charge in [0, 0.05) is 6.04 Å². The number of aliphatic hydroxyl groups excluding tert-OH is 2. The molecule has 84 valence electrons. The monoisotopic (exact) mass is 201 g/mol. The minimum atomic E-state index is -0.191. The number of aliphatic hydroxyl groups is 2. The van der Waals surface area contributed by atoms with Gasteiger partial charge in [0.15, 0.2) is 0 Å². The lowest BCUT2D eigenvalue weighted by atomic mass is 9.92. The Morgan fingerprint density at radius 3 is 2.71 bits per heavy atom. The van der Waals surface area contributed by atoms with E-state index in [-0.39, 0.29) is 18.2 Å². The summed E-state index contributed by atoms with van der Waals surface area (Å²) < 4.78 is 0. The van der Waals surface area contributed by atoms with E-state index in [0.717, 1.165) is 38.6 Å². The highest BCUT2D eigenvalue weighted by Crippen LogP contribution is 2.18. The van der Waals surface area contributed by atoms with Crippen LogP contribution in [0.5, 0.6) is 0 Å². The maximum Gasteiger partial charge on any atom is 0.0693 e. The average Bonchev–Trinajstić information content (AvgIpc) is 2.20. The van der Waals surface area contributed by atoms with Gasteiger partial charge in [0.2, 0.25) is 0 Å². The Labute approximate surface area is 86.5 Å². The number of hydrogen-bond acceptors (Lipinski definition) is 3. The summed E-state index contributed by atoms with van der Waals surface area (Å²) in [5, 5.41) is 22.3. The standard InChI is InChI=1S/C11H23NO2/c1-2-9(13)7-8-12-10-5-3-4-6-11(10)14/h9-14H,2-8H2,1H3/t9?,10-,11-/m1/s1. The van der Waals surface area contributed by atoms with Gasteiger partial charge in [0.25, 0.3) is 0 Å². The van der Waals surface area contributed by atoms with Crippen LogP contribution in [0.25, 0.3) is 0 Å². The molecule has 1 aliphatic rings. The quantitative estimate of drug-likeness (QED) is 0.623. The van der Waals surface area contributed by atoms with E-state index >= 15 is 0 Å². The highest BCUT2D eigenvalue weighted by Gasteiger charge is 2.21. The molecular formula is C11H23NO2. The van der Waals surface area contributed by atoms with Crippen LogP contribution in [0.3, 0.4) is 0 Å². The Bertz CT molecular complexity index is 152. The fraction of sp³-hybridized carbons (Fsp3) is 1.00. The van der Waals surface area contributed by atoms with Crippen molar-refractivity contribution >= 4 is 0 Å². The average molecular weight is 201 g/mol. The molecule has 3 atom stereocenters. The molecular weight excluding hydrogens is 178 g/mol. The van der Waals surface area contributed by atoms with Crippen LogP contribution < -0.4 is 5.32 Å². The van der Waals surface area contributed by atoms with E-state index in [2.05, 4.69) is 5.32 Å². The summed E-state index contributed by atoms with van der Waals surface area (Å²) in [6.07, 6.45) is 5.60. The molecule has 1 unspecified atom stereocenters. The van der Waals surface area contributed by atoms with Gasteiger partial charge >= 0.3 is 0 Å². The molecule has 1 aliphatic carbocycles. The smallest absolute Gasteiger partial charge is 0.0693 e. The molecule has 0 aliphatic heterocycles. The Morgan fingerprint density at radius 1 is 1.36 bits per heavy atom. The first kappa shape index (κ1) is 12.0. The molecule has 3 N–H and O–H groups in total. The Hall–Kier alpha value is -0.120. The predicted molar refractivity (Wildman–Crippen MR) is 57.2 cm³/mol. The third-order valence-corrected chi connectivity index (χ3v) is 3.08. The molecule has 0 amide bonds. The molecule has 1 rings (SSSR count). The summed E-state index contributed by atoms with van der Waals surface area (Å²) in [6.45, 7) is 2.80. The minimum absolute atomic E-state index is 0.178. The van der Waals surface area contributed by atoms with Gasteiger partial charge in [-0.2, -0.15) is 0 Å². The van der Waals surface area contributed by atoms with Gasteiger partial charge in [-0.05, 0) is 32.2 Å². The zero-order chi connectivity index (χ0) is 10.4. The van der Waals surface area contributed by atoms with Gasteiger partial charge in [-0.15, -0.1) is 0 Å². The third kappa shape index (κ3) is 3.95. The second-order valence-electron chi connectivity index (χ2n) is 4.26. The largest absolute Gasteiger partial charge is 0.393 e. The third-order valence-electron chi connectivity index (χ3n) is 3.08. The number of hydrogen-bond donors (Lipinski definition) is 3. The van der Waals surface area contributed by atoms with Crippen molar-refractivity contribution in [2.75, 3.05) is 6.54 Å². The van der Waals surface area contributed by atoms with Crippen molar-refractivity contribution in [3.05, 3.63) is 0 Å². The number of rotatable bonds is 5. The van der Waals surface area contributed by atoms with Crippen molar-refractivity contribution in [3.63, 3.8) is 0 Å². The Morgan fingerprint density at radius 2 is 2.07 bits per heavy atom. The molecule has 0 aromatic heterocycles. The lowest BCUT2D eigenvalue weighted by molar-refractivity contribution is 0.0867. The van der Waals surface area contributed by atoms with Crippen molar-refractivity contribution in [3.8, 4) is 0 Å². The second kappa shape index (κ2) is 6.38. The normalized spacial score (nSPS) is 30.2. The SMILES string of the molecule is CCC(O)CCN[C@@H]1CCCC[C@H]1O. The molecule has 0 spiro atoms. The van der Waals surface area contributed by atoms with Crippen LogP contribution in [0.1, 0.15) is 45.4 Å². The van der Waals surface area contributed by atoms with Gasteiger partial charge in [-0.25, -0.2) is 0 Å². The Balaban J connectivity index is 2.10. The first-order valence-corrected chi connectivity index (χ1v) is 5.83. The Kier molecular flexibility index (Phi) is 5.45. The highest BCUT2D eigenvalue weighted by atomic mass is 16.3. The van der Waals surface area contributed by atoms with Crippen molar-refractivity contribution in [1.82, 2.24) is 5.32 Å². The summed E-state index contributed by atoms with van der Waals surface area (Å²) >= 11 is 0. The van der Waals surface area contributed by atoms with E-state index in [1.54, 1.807) is 0 Å². The van der Waals surface area contributed by atoms with Crippen LogP contribution in [0, 0.1) is 0 Å². The molecule has 1 saturated carbocycles. The van der Waals surface area contributed by atoms with E-state index < -0.39 is 0 Å². The van der Waals surface area contributed by atoms with Crippen molar-refractivity contribution in [1.29, 1.82) is 0 Å². The summed E-state index contributed by atoms with van der Waals surface area (Å²) in [5.41, 5.74) is 0. The molecule has 0 radical (unpaired) electrons. The first-order chi connectivity index (χ1) is 6.74. The van der Waals surface area contributed by atoms with Crippen LogP contribution >= 0.6 is 0 Å². The second-order valence-corrected chi connectivity index (χ2v) is 4.26. The van der Waals surface area contributed by atoms with Gasteiger partial charge in [0.1, 0.15) is 0 Å². The fourth-order valence-corrected chi connectivity index (χ4v) is 1.99. The van der Waals surface area contributed by atoms with E-state index in [0.29, 0.717) is 0 Å². The van der Waals surface area contributed by atoms with Crippen LogP contribution in [-0.4, -0.2) is 35.0 Å². The van der Waals surface area contributed by atoms with Crippen molar-refractivity contribution < 1.29 is 10.2 Å². The summed E-state index contributed by atoms with van der Waals surface area (Å²) in [4.78, 5) is 0. The van der Waals surface area contributed by atoms with E-state index in [1.807, 2.05) is 6.92 Å². The van der Waals surface area contributed by atoms with Crippen molar-refractivity contribution in [2.45, 2.75) is 63.7 Å². The van der Waals surface area contributed by atoms with Gasteiger partial charge in [-0.3, -0.25) is 0 Å². The van der Waals surface area contributed by atoms with E-state index in [1.165, 1.54) is 6.42 Å². The topological polar surface area (TPSA) is 52.5 Å². The lowest BCUT2D eigenvalue weighted by Gasteiger charge is -2.28. The maximum atomic E-state index is 9.67. The lowest BCUT2D eigenvalue weighted by Crippen LogP contribution is -2.42. The zero-order valence-corrected chi connectivity index (χ0v) is 9.08. The highest BCUT2D eigenvalue weighted by molar-refractivity contribution is 4.80. The molecule has 0 aromatic rings. The fourth-order valence-electron chi connectivity index (χ4n) is 1.99. The molecule has 0 bridgehead atoms. The molecule has 14 heavy (non-hydrogen) atoms. The van der Waals surface area contributed by atoms with Gasteiger partial charge < -0.3 is 15.5 Å². The molecule has 0 heterocycles. The van der Waals surface area contributed by atoms with E-state index in [4.69, 9.17) is 0 Å². The molecule has 3 heteroatoms. The summed E-state index contributed by atoms with van der Waals surface area (Å²) in [5.74, 6) is 0. The van der Waals surface area contributed by atoms with E-state index in [9.17, 15) is 10.2 Å². The van der Waals surface area contributed by atoms with Crippen LogP contribution in [-0.2, 0) is 0 Å². The molecule has 0 saturated heterocycles. The van der Waals surface area contributed by atoms with Crippen LogP contribution in [0.15, 0.2) is 0 Å². The summed E-state index contributed by atoms with van der Waals surface area (Å²) in [6, 6.07) is 0.257. The summed E-state index contributed by atoms with van der Waals surface area (Å²) in [7, 11) is 0. The minimum Gasteiger partial charge on any atom is -0.393 e. The predicted octanol–water partition coefficient (Wildman–Crippen LogP) is 1.04.